The summed E-state index contributed by atoms with van der Waals surface area (Å²) >= 11 is 0. The molecule has 0 bridgehead atoms. The second-order valence-electron chi connectivity index (χ2n) is 6.96. The fraction of sp³-hybridized carbons (Fsp3) is 0.318. The van der Waals surface area contributed by atoms with Gasteiger partial charge in [0.05, 0.1) is 23.6 Å². The van der Waals surface area contributed by atoms with Crippen molar-refractivity contribution in [2.75, 3.05) is 11.9 Å². The molecule has 2 amide bonds. The molecule has 1 aromatic carbocycles. The summed E-state index contributed by atoms with van der Waals surface area (Å²) in [5.41, 5.74) is 4.03. The number of aryl methyl sites for hydroxylation is 1. The second kappa shape index (κ2) is 8.86. The average Bonchev–Trinajstić information content (AvgIpc) is 2.99. The molecule has 1 N–H and O–H groups in total. The molecule has 1 aromatic heterocycles. The fourth-order valence-corrected chi connectivity index (χ4v) is 3.14. The summed E-state index contributed by atoms with van der Waals surface area (Å²) in [6.45, 7) is 11.7. The normalized spacial score (nSPS) is 13.7. The lowest BCUT2D eigenvalue weighted by Gasteiger charge is -2.11. The summed E-state index contributed by atoms with van der Waals surface area (Å²) in [6, 6.07) is 7.26. The zero-order chi connectivity index (χ0) is 21.8. The first-order valence-corrected chi connectivity index (χ1v) is 9.76. The van der Waals surface area contributed by atoms with E-state index >= 15 is 0 Å². The van der Waals surface area contributed by atoms with Gasteiger partial charge in [-0.05, 0) is 63.9 Å². The highest BCUT2D eigenvalue weighted by Crippen LogP contribution is 2.19. The highest BCUT2D eigenvalue weighted by atomic mass is 16.5. The fourth-order valence-electron chi connectivity index (χ4n) is 3.14. The Balaban J connectivity index is 1.68. The van der Waals surface area contributed by atoms with Crippen molar-refractivity contribution in [3.63, 3.8) is 0 Å². The zero-order valence-corrected chi connectivity index (χ0v) is 17.7. The number of amides is 2. The predicted octanol–water partition coefficient (Wildman–Crippen LogP) is 3.23. The lowest BCUT2D eigenvalue weighted by molar-refractivity contribution is -0.116. The van der Waals surface area contributed by atoms with E-state index < -0.39 is 5.91 Å². The number of nitrogens with one attached hydrogen (secondary N) is 1. The molecule has 1 aliphatic rings. The van der Waals surface area contributed by atoms with Crippen LogP contribution < -0.4 is 10.1 Å². The Morgan fingerprint density at radius 3 is 2.50 bits per heavy atom. The van der Waals surface area contributed by atoms with Crippen molar-refractivity contribution >= 4 is 29.2 Å². The van der Waals surface area contributed by atoms with Gasteiger partial charge in [-0.2, -0.15) is 10.1 Å². The number of hydrogen-bond donors (Lipinski definition) is 1. The van der Waals surface area contributed by atoms with Gasteiger partial charge in [0.2, 0.25) is 5.91 Å². The van der Waals surface area contributed by atoms with Crippen molar-refractivity contribution in [3.05, 3.63) is 53.4 Å². The van der Waals surface area contributed by atoms with Crippen LogP contribution >= 0.6 is 0 Å². The van der Waals surface area contributed by atoms with Crippen molar-refractivity contribution in [2.45, 2.75) is 40.5 Å². The average molecular weight is 407 g/mol. The summed E-state index contributed by atoms with van der Waals surface area (Å²) in [6.07, 6.45) is 0.808. The Morgan fingerprint density at radius 1 is 1.17 bits per heavy atom. The highest BCUT2D eigenvalue weighted by molar-refractivity contribution is 6.27. The lowest BCUT2D eigenvalue weighted by Crippen LogP contribution is -2.23. The van der Waals surface area contributed by atoms with Gasteiger partial charge >= 0.3 is 0 Å². The van der Waals surface area contributed by atoms with Crippen LogP contribution in [0.4, 0.5) is 5.69 Å². The molecule has 0 aliphatic carbocycles. The molecule has 3 rings (SSSR count). The highest BCUT2D eigenvalue weighted by Gasteiger charge is 2.22. The zero-order valence-electron chi connectivity index (χ0n) is 17.7. The predicted molar refractivity (Wildman–Crippen MR) is 116 cm³/mol. The number of carbonyl (C=O) groups is 2. The minimum atomic E-state index is -0.415. The van der Waals surface area contributed by atoms with E-state index in [1.807, 2.05) is 45.0 Å². The molecule has 0 fully saturated rings. The topological polar surface area (TPSA) is 97.9 Å². The molecule has 156 valence electrons. The first kappa shape index (κ1) is 21.2. The lowest BCUT2D eigenvalue weighted by atomic mass is 10.1. The van der Waals surface area contributed by atoms with Crippen molar-refractivity contribution < 1.29 is 14.3 Å². The maximum Gasteiger partial charge on any atom is 0.281 e. The molecule has 0 saturated heterocycles. The molecule has 0 radical (unpaired) electrons. The van der Waals surface area contributed by atoms with E-state index in [-0.39, 0.29) is 17.4 Å². The van der Waals surface area contributed by atoms with Crippen LogP contribution in [0.25, 0.3) is 0 Å². The van der Waals surface area contributed by atoms with Gasteiger partial charge in [-0.25, -0.2) is 9.67 Å². The molecule has 30 heavy (non-hydrogen) atoms. The molecule has 8 heteroatoms. The number of rotatable bonds is 6. The van der Waals surface area contributed by atoms with Crippen molar-refractivity contribution in [2.24, 2.45) is 9.98 Å². The molecule has 0 spiro atoms. The Labute approximate surface area is 175 Å². The molecule has 1 aliphatic heterocycles. The molecule has 8 nitrogen and oxygen atoms in total. The molecule has 0 saturated carbocycles. The largest absolute Gasteiger partial charge is 0.494 e. The summed E-state index contributed by atoms with van der Waals surface area (Å²) in [7, 11) is 0. The van der Waals surface area contributed by atoms with Crippen LogP contribution in [0.3, 0.4) is 0 Å². The van der Waals surface area contributed by atoms with Gasteiger partial charge in [0.15, 0.2) is 0 Å². The van der Waals surface area contributed by atoms with Gasteiger partial charge in [-0.3, -0.25) is 9.59 Å². The third-order valence-electron chi connectivity index (χ3n) is 4.85. The van der Waals surface area contributed by atoms with E-state index in [1.54, 1.807) is 11.6 Å². The van der Waals surface area contributed by atoms with Crippen LogP contribution in [0, 0.1) is 13.8 Å². The number of anilines is 1. The molecule has 0 atom stereocenters. The molecule has 2 heterocycles. The number of hydrogen-bond acceptors (Lipinski definition) is 5. The minimum Gasteiger partial charge on any atom is -0.494 e. The molecule has 2 aromatic rings. The van der Waals surface area contributed by atoms with Gasteiger partial charge in [-0.1, -0.05) is 6.58 Å². The SMILES string of the molecule is C=C1C(=O)N=C(n2nc(C)c(CCC(=O)Nc3ccc(OCC)cc3)c2C)N=C1C. The standard InChI is InChI=1S/C22H25N5O3/c1-6-30-18-9-7-17(8-10-18)24-20(28)12-11-19-15(4)26-27(16(19)5)22-23-14(3)13(2)21(29)25-22/h7-10H,2,6,11-12H2,1,3-5H3,(H,24,28). The number of aromatic nitrogens is 2. The van der Waals surface area contributed by atoms with Crippen molar-refractivity contribution in [1.29, 1.82) is 0 Å². The molecular weight excluding hydrogens is 382 g/mol. The van der Waals surface area contributed by atoms with E-state index in [1.165, 1.54) is 0 Å². The Morgan fingerprint density at radius 2 is 1.87 bits per heavy atom. The third kappa shape index (κ3) is 4.53. The number of aliphatic imine (C=N–C) groups is 2. The number of carbonyl (C=O) groups excluding carboxylic acids is 2. The van der Waals surface area contributed by atoms with E-state index in [9.17, 15) is 9.59 Å². The van der Waals surface area contributed by atoms with E-state index in [4.69, 9.17) is 4.74 Å². The van der Waals surface area contributed by atoms with Crippen LogP contribution in [0.1, 0.15) is 37.2 Å². The van der Waals surface area contributed by atoms with Crippen LogP contribution in [-0.4, -0.2) is 39.9 Å². The monoisotopic (exact) mass is 407 g/mol. The van der Waals surface area contributed by atoms with Gasteiger partial charge in [-0.15, -0.1) is 0 Å². The Bertz CT molecular complexity index is 1060. The Kier molecular flexibility index (Phi) is 6.25. The first-order valence-electron chi connectivity index (χ1n) is 9.76. The maximum atomic E-state index is 12.4. The van der Waals surface area contributed by atoms with Gasteiger partial charge in [0.25, 0.3) is 11.9 Å². The summed E-state index contributed by atoms with van der Waals surface area (Å²) in [5, 5.41) is 7.35. The van der Waals surface area contributed by atoms with Crippen molar-refractivity contribution in [3.8, 4) is 5.75 Å². The molecular formula is C22H25N5O3. The van der Waals surface area contributed by atoms with Gasteiger partial charge in [0, 0.05) is 17.8 Å². The number of benzene rings is 1. The van der Waals surface area contributed by atoms with Gasteiger partial charge < -0.3 is 10.1 Å². The molecule has 0 unspecified atom stereocenters. The maximum absolute atomic E-state index is 12.4. The van der Waals surface area contributed by atoms with E-state index in [0.717, 1.165) is 22.7 Å². The van der Waals surface area contributed by atoms with Crippen molar-refractivity contribution in [1.82, 2.24) is 9.78 Å². The first-order chi connectivity index (χ1) is 14.3. The van der Waals surface area contributed by atoms with E-state index in [2.05, 4.69) is 27.0 Å². The minimum absolute atomic E-state index is 0.0962. The third-order valence-corrected chi connectivity index (χ3v) is 4.85. The summed E-state index contributed by atoms with van der Waals surface area (Å²) in [4.78, 5) is 32.6. The second-order valence-corrected chi connectivity index (χ2v) is 6.96. The number of nitrogens with zero attached hydrogens (tertiary/aromatic N) is 4. The van der Waals surface area contributed by atoms with Gasteiger partial charge in [0.1, 0.15) is 5.75 Å². The van der Waals surface area contributed by atoms with Crippen LogP contribution in [-0.2, 0) is 16.0 Å². The van der Waals surface area contributed by atoms with Crippen LogP contribution in [0.5, 0.6) is 5.75 Å². The summed E-state index contributed by atoms with van der Waals surface area (Å²) < 4.78 is 6.95. The summed E-state index contributed by atoms with van der Waals surface area (Å²) in [5.74, 6) is 0.470. The van der Waals surface area contributed by atoms with E-state index in [0.29, 0.717) is 30.8 Å². The Hall–Kier alpha value is -3.55. The number of ether oxygens (including phenoxy) is 1. The van der Waals surface area contributed by atoms with Crippen LogP contribution in [0.15, 0.2) is 46.4 Å². The quantitative estimate of drug-likeness (QED) is 0.743. The smallest absolute Gasteiger partial charge is 0.281 e. The van der Waals surface area contributed by atoms with Crippen LogP contribution in [0.2, 0.25) is 0 Å².